The second-order valence-corrected chi connectivity index (χ2v) is 5.82. The van der Waals surface area contributed by atoms with E-state index in [9.17, 15) is 4.79 Å². The van der Waals surface area contributed by atoms with Gasteiger partial charge >= 0.3 is 0 Å². The van der Waals surface area contributed by atoms with Crippen LogP contribution in [0.3, 0.4) is 0 Å². The van der Waals surface area contributed by atoms with E-state index in [1.165, 1.54) is 11.3 Å². The molecule has 0 amide bonds. The van der Waals surface area contributed by atoms with E-state index in [4.69, 9.17) is 9.47 Å². The lowest BCUT2D eigenvalue weighted by Crippen LogP contribution is -2.16. The van der Waals surface area contributed by atoms with E-state index in [2.05, 4.69) is 0 Å². The van der Waals surface area contributed by atoms with Crippen LogP contribution in [-0.4, -0.2) is 14.2 Å². The van der Waals surface area contributed by atoms with Crippen molar-refractivity contribution >= 4 is 21.4 Å². The quantitative estimate of drug-likeness (QED) is 0.845. The number of rotatable bonds is 2. The Morgan fingerprint density at radius 1 is 1.05 bits per heavy atom. The van der Waals surface area contributed by atoms with Crippen molar-refractivity contribution in [1.29, 1.82) is 0 Å². The fourth-order valence-corrected chi connectivity index (χ4v) is 4.06. The molecule has 0 N–H and O–H groups in total. The first-order valence-corrected chi connectivity index (χ1v) is 7.27. The molecule has 1 aromatic heterocycles. The van der Waals surface area contributed by atoms with Gasteiger partial charge in [-0.15, -0.1) is 11.3 Å². The first-order chi connectivity index (χ1) is 9.26. The topological polar surface area (TPSA) is 35.5 Å². The Labute approximate surface area is 115 Å². The van der Waals surface area contributed by atoms with Gasteiger partial charge in [0.1, 0.15) is 11.5 Å². The summed E-state index contributed by atoms with van der Waals surface area (Å²) in [5, 5.41) is 0.674. The van der Waals surface area contributed by atoms with Gasteiger partial charge in [0.15, 0.2) is 5.43 Å². The van der Waals surface area contributed by atoms with Gasteiger partial charge in [-0.2, -0.15) is 0 Å². The molecule has 3 rings (SSSR count). The Kier molecular flexibility index (Phi) is 3.19. The first kappa shape index (κ1) is 12.5. The van der Waals surface area contributed by atoms with E-state index in [0.29, 0.717) is 11.1 Å². The van der Waals surface area contributed by atoms with E-state index in [-0.39, 0.29) is 5.43 Å². The van der Waals surface area contributed by atoms with Crippen LogP contribution in [0.2, 0.25) is 0 Å². The summed E-state index contributed by atoms with van der Waals surface area (Å²) in [7, 11) is 3.24. The third-order valence-electron chi connectivity index (χ3n) is 3.67. The average molecular weight is 276 g/mol. The van der Waals surface area contributed by atoms with Crippen molar-refractivity contribution in [2.24, 2.45) is 0 Å². The van der Waals surface area contributed by atoms with Crippen molar-refractivity contribution in [3.8, 4) is 11.5 Å². The van der Waals surface area contributed by atoms with Gasteiger partial charge in [-0.3, -0.25) is 4.79 Å². The molecule has 0 aliphatic heterocycles. The van der Waals surface area contributed by atoms with E-state index < -0.39 is 0 Å². The Bertz CT molecular complexity index is 688. The van der Waals surface area contributed by atoms with Gasteiger partial charge in [0.25, 0.3) is 0 Å². The number of ether oxygens (including phenoxy) is 2. The molecule has 1 aliphatic rings. The van der Waals surface area contributed by atoms with Crippen LogP contribution in [0.4, 0.5) is 0 Å². The van der Waals surface area contributed by atoms with E-state index in [1.54, 1.807) is 25.6 Å². The Balaban J connectivity index is 2.43. The summed E-state index contributed by atoms with van der Waals surface area (Å²) in [6.45, 7) is 0. The highest BCUT2D eigenvalue weighted by atomic mass is 32.1. The van der Waals surface area contributed by atoms with Crippen LogP contribution in [0, 0.1) is 0 Å². The predicted molar refractivity (Wildman–Crippen MR) is 77.8 cm³/mol. The number of benzene rings is 1. The average Bonchev–Trinajstić information content (AvgIpc) is 2.46. The maximum absolute atomic E-state index is 12.7. The summed E-state index contributed by atoms with van der Waals surface area (Å²) in [6.07, 6.45) is 4.17. The highest BCUT2D eigenvalue weighted by Gasteiger charge is 2.20. The fraction of sp³-hybridized carbons (Fsp3) is 0.400. The predicted octanol–water partition coefficient (Wildman–Crippen LogP) is 3.16. The minimum atomic E-state index is 0.124. The second kappa shape index (κ2) is 4.85. The number of methoxy groups -OCH3 is 2. The van der Waals surface area contributed by atoms with Gasteiger partial charge in [-0.1, -0.05) is 0 Å². The molecule has 1 aliphatic carbocycles. The van der Waals surface area contributed by atoms with Crippen molar-refractivity contribution < 1.29 is 9.47 Å². The smallest absolute Gasteiger partial charge is 0.195 e. The van der Waals surface area contributed by atoms with Crippen molar-refractivity contribution in [2.75, 3.05) is 14.2 Å². The van der Waals surface area contributed by atoms with Crippen LogP contribution in [0.1, 0.15) is 23.3 Å². The summed E-state index contributed by atoms with van der Waals surface area (Å²) >= 11 is 1.68. The molecule has 1 aromatic carbocycles. The van der Waals surface area contributed by atoms with E-state index >= 15 is 0 Å². The van der Waals surface area contributed by atoms with E-state index in [0.717, 1.165) is 35.3 Å². The van der Waals surface area contributed by atoms with Crippen LogP contribution >= 0.6 is 11.3 Å². The summed E-state index contributed by atoms with van der Waals surface area (Å²) in [4.78, 5) is 13.9. The van der Waals surface area contributed by atoms with Gasteiger partial charge < -0.3 is 9.47 Å². The van der Waals surface area contributed by atoms with Gasteiger partial charge in [0.05, 0.1) is 24.3 Å². The van der Waals surface area contributed by atoms with Crippen molar-refractivity contribution in [3.05, 3.63) is 32.8 Å². The normalized spacial score (nSPS) is 14.2. The van der Waals surface area contributed by atoms with Crippen molar-refractivity contribution in [1.82, 2.24) is 0 Å². The molecule has 0 unspecified atom stereocenters. The zero-order chi connectivity index (χ0) is 13.4. The molecule has 3 nitrogen and oxygen atoms in total. The largest absolute Gasteiger partial charge is 0.496 e. The standard InChI is InChI=1S/C15H16O3S/c1-17-10-7-8-11(18-2)15-13(10)14(16)9-5-3-4-6-12(9)19-15/h7-8H,3-6H2,1-2H3. The molecule has 4 heteroatoms. The summed E-state index contributed by atoms with van der Waals surface area (Å²) < 4.78 is 11.6. The molecular weight excluding hydrogens is 260 g/mol. The van der Waals surface area contributed by atoms with Crippen LogP contribution in [0.5, 0.6) is 11.5 Å². The summed E-state index contributed by atoms with van der Waals surface area (Å²) in [6, 6.07) is 3.68. The second-order valence-electron chi connectivity index (χ2n) is 4.71. The van der Waals surface area contributed by atoms with Crippen LogP contribution in [0.25, 0.3) is 10.1 Å². The number of hydrogen-bond donors (Lipinski definition) is 0. The summed E-state index contributed by atoms with van der Waals surface area (Å²) in [5.74, 6) is 1.40. The lowest BCUT2D eigenvalue weighted by Gasteiger charge is -2.17. The lowest BCUT2D eigenvalue weighted by molar-refractivity contribution is 0.411. The molecule has 2 aromatic rings. The third-order valence-corrected chi connectivity index (χ3v) is 4.97. The third kappa shape index (κ3) is 1.91. The molecule has 0 bridgehead atoms. The number of fused-ring (bicyclic) bond motifs is 2. The molecule has 0 saturated heterocycles. The van der Waals surface area contributed by atoms with Crippen molar-refractivity contribution in [3.63, 3.8) is 0 Å². The Morgan fingerprint density at radius 3 is 2.47 bits per heavy atom. The summed E-state index contributed by atoms with van der Waals surface area (Å²) in [5.41, 5.74) is 1.11. The molecular formula is C15H16O3S. The Morgan fingerprint density at radius 2 is 1.74 bits per heavy atom. The van der Waals surface area contributed by atoms with Gasteiger partial charge in [-0.25, -0.2) is 0 Å². The maximum atomic E-state index is 12.7. The molecule has 1 heterocycles. The minimum absolute atomic E-state index is 0.124. The van der Waals surface area contributed by atoms with Gasteiger partial charge in [-0.05, 0) is 37.8 Å². The van der Waals surface area contributed by atoms with Crippen LogP contribution in [-0.2, 0) is 12.8 Å². The number of hydrogen-bond acceptors (Lipinski definition) is 4. The lowest BCUT2D eigenvalue weighted by atomic mass is 9.97. The monoisotopic (exact) mass is 276 g/mol. The molecule has 100 valence electrons. The van der Waals surface area contributed by atoms with E-state index in [1.807, 2.05) is 12.1 Å². The molecule has 0 atom stereocenters. The molecule has 0 radical (unpaired) electrons. The molecule has 0 fully saturated rings. The highest BCUT2D eigenvalue weighted by Crippen LogP contribution is 2.37. The van der Waals surface area contributed by atoms with Crippen molar-refractivity contribution in [2.45, 2.75) is 25.7 Å². The van der Waals surface area contributed by atoms with Gasteiger partial charge in [0, 0.05) is 10.4 Å². The Hall–Kier alpha value is -1.55. The SMILES string of the molecule is COc1ccc(OC)c2c(=O)c3c(sc12)CCCC3. The zero-order valence-electron chi connectivity index (χ0n) is 11.1. The zero-order valence-corrected chi connectivity index (χ0v) is 11.9. The van der Waals surface area contributed by atoms with Crippen LogP contribution in [0.15, 0.2) is 16.9 Å². The minimum Gasteiger partial charge on any atom is -0.496 e. The molecule has 0 spiro atoms. The highest BCUT2D eigenvalue weighted by molar-refractivity contribution is 7.19. The first-order valence-electron chi connectivity index (χ1n) is 6.45. The molecule has 19 heavy (non-hydrogen) atoms. The fourth-order valence-electron chi connectivity index (χ4n) is 2.70. The number of aryl methyl sites for hydroxylation is 1. The maximum Gasteiger partial charge on any atom is 0.195 e. The van der Waals surface area contributed by atoms with Gasteiger partial charge in [0.2, 0.25) is 0 Å². The van der Waals surface area contributed by atoms with Crippen LogP contribution < -0.4 is 14.9 Å². The molecule has 0 saturated carbocycles.